The Bertz CT molecular complexity index is 1260. The van der Waals surface area contributed by atoms with Crippen molar-refractivity contribution in [3.8, 4) is 11.5 Å². The SMILES string of the molecule is COc1ccc(S(=O)(=O)N(CCc2ccccc2)CC(=O)N/N=C\c2ccc(C)cc2)cc1OC. The van der Waals surface area contributed by atoms with Gasteiger partial charge in [0.1, 0.15) is 0 Å². The molecule has 1 N–H and O–H groups in total. The van der Waals surface area contributed by atoms with Gasteiger partial charge in [0.05, 0.1) is 31.9 Å². The number of hydrogen-bond acceptors (Lipinski definition) is 6. The number of sulfonamides is 1. The third-order valence-corrected chi connectivity index (χ3v) is 7.13. The predicted octanol–water partition coefficient (Wildman–Crippen LogP) is 3.40. The lowest BCUT2D eigenvalue weighted by Crippen LogP contribution is -2.40. The number of hydrazone groups is 1. The molecule has 0 radical (unpaired) electrons. The van der Waals surface area contributed by atoms with E-state index in [1.807, 2.05) is 61.5 Å². The summed E-state index contributed by atoms with van der Waals surface area (Å²) in [7, 11) is -1.12. The lowest BCUT2D eigenvalue weighted by molar-refractivity contribution is -0.121. The molecular formula is C26H29N3O5S. The van der Waals surface area contributed by atoms with E-state index in [1.165, 1.54) is 38.6 Å². The van der Waals surface area contributed by atoms with E-state index in [2.05, 4.69) is 10.5 Å². The molecule has 8 nitrogen and oxygen atoms in total. The number of benzene rings is 3. The fourth-order valence-corrected chi connectivity index (χ4v) is 4.75. The van der Waals surface area contributed by atoms with Crippen LogP contribution in [0, 0.1) is 6.92 Å². The van der Waals surface area contributed by atoms with Crippen molar-refractivity contribution < 1.29 is 22.7 Å². The number of hydrogen-bond donors (Lipinski definition) is 1. The smallest absolute Gasteiger partial charge is 0.255 e. The number of carbonyl (C=O) groups excluding carboxylic acids is 1. The molecule has 0 unspecified atom stereocenters. The number of methoxy groups -OCH3 is 2. The van der Waals surface area contributed by atoms with Gasteiger partial charge < -0.3 is 9.47 Å². The van der Waals surface area contributed by atoms with Crippen LogP contribution in [-0.4, -0.2) is 52.2 Å². The molecule has 0 saturated carbocycles. The second kappa shape index (κ2) is 12.1. The number of rotatable bonds is 11. The van der Waals surface area contributed by atoms with Gasteiger partial charge in [0.25, 0.3) is 5.91 Å². The van der Waals surface area contributed by atoms with E-state index >= 15 is 0 Å². The quantitative estimate of drug-likeness (QED) is 0.325. The van der Waals surface area contributed by atoms with Crippen LogP contribution in [0.15, 0.2) is 82.8 Å². The minimum atomic E-state index is -4.02. The van der Waals surface area contributed by atoms with E-state index in [4.69, 9.17) is 9.47 Å². The van der Waals surface area contributed by atoms with Crippen molar-refractivity contribution in [1.29, 1.82) is 0 Å². The van der Waals surface area contributed by atoms with Crippen LogP contribution in [0.1, 0.15) is 16.7 Å². The Labute approximate surface area is 206 Å². The Hall–Kier alpha value is -3.69. The molecule has 184 valence electrons. The van der Waals surface area contributed by atoms with Gasteiger partial charge in [-0.2, -0.15) is 9.41 Å². The summed E-state index contributed by atoms with van der Waals surface area (Å²) in [5.41, 5.74) is 5.30. The molecule has 35 heavy (non-hydrogen) atoms. The molecule has 3 aromatic carbocycles. The number of amides is 1. The summed E-state index contributed by atoms with van der Waals surface area (Å²) in [5.74, 6) is 0.139. The highest BCUT2D eigenvalue weighted by atomic mass is 32.2. The van der Waals surface area contributed by atoms with E-state index in [0.29, 0.717) is 12.2 Å². The number of nitrogens with one attached hydrogen (secondary N) is 1. The van der Waals surface area contributed by atoms with Gasteiger partial charge in [-0.3, -0.25) is 4.79 Å². The van der Waals surface area contributed by atoms with E-state index in [1.54, 1.807) is 0 Å². The molecule has 0 aromatic heterocycles. The maximum Gasteiger partial charge on any atom is 0.255 e. The van der Waals surface area contributed by atoms with Crippen LogP contribution in [0.3, 0.4) is 0 Å². The highest BCUT2D eigenvalue weighted by molar-refractivity contribution is 7.89. The Morgan fingerprint density at radius 3 is 2.31 bits per heavy atom. The maximum absolute atomic E-state index is 13.5. The first-order valence-electron chi connectivity index (χ1n) is 11.0. The first-order chi connectivity index (χ1) is 16.8. The number of ether oxygens (including phenoxy) is 2. The van der Waals surface area contributed by atoms with E-state index in [-0.39, 0.29) is 17.2 Å². The van der Waals surface area contributed by atoms with Crippen LogP contribution in [0.5, 0.6) is 11.5 Å². The zero-order valence-electron chi connectivity index (χ0n) is 20.0. The molecule has 0 heterocycles. The van der Waals surface area contributed by atoms with Crippen molar-refractivity contribution in [2.75, 3.05) is 27.3 Å². The molecule has 0 bridgehead atoms. The summed E-state index contributed by atoms with van der Waals surface area (Å²) >= 11 is 0. The average Bonchev–Trinajstić information content (AvgIpc) is 2.87. The number of aryl methyl sites for hydroxylation is 1. The monoisotopic (exact) mass is 495 g/mol. The Morgan fingerprint density at radius 2 is 1.66 bits per heavy atom. The molecule has 3 rings (SSSR count). The first-order valence-corrected chi connectivity index (χ1v) is 12.4. The number of carbonyl (C=O) groups is 1. The summed E-state index contributed by atoms with van der Waals surface area (Å²) in [6.07, 6.45) is 1.95. The first kappa shape index (κ1) is 25.9. The van der Waals surface area contributed by atoms with Crippen LogP contribution < -0.4 is 14.9 Å². The summed E-state index contributed by atoms with van der Waals surface area (Å²) < 4.78 is 38.6. The van der Waals surface area contributed by atoms with Gasteiger partial charge in [-0.1, -0.05) is 60.2 Å². The topological polar surface area (TPSA) is 97.3 Å². The molecule has 0 saturated heterocycles. The van der Waals surface area contributed by atoms with Gasteiger partial charge in [0.15, 0.2) is 11.5 Å². The molecule has 9 heteroatoms. The minimum absolute atomic E-state index is 0.000770. The third-order valence-electron chi connectivity index (χ3n) is 5.29. The van der Waals surface area contributed by atoms with E-state index in [0.717, 1.165) is 21.0 Å². The van der Waals surface area contributed by atoms with Gasteiger partial charge in [0.2, 0.25) is 10.0 Å². The fourth-order valence-electron chi connectivity index (χ4n) is 3.34. The Balaban J connectivity index is 1.79. The van der Waals surface area contributed by atoms with E-state index < -0.39 is 22.5 Å². The minimum Gasteiger partial charge on any atom is -0.493 e. The Morgan fingerprint density at radius 1 is 0.971 bits per heavy atom. The van der Waals surface area contributed by atoms with Crippen LogP contribution >= 0.6 is 0 Å². The fraction of sp³-hybridized carbons (Fsp3) is 0.231. The molecule has 1 amide bonds. The lowest BCUT2D eigenvalue weighted by Gasteiger charge is -2.22. The van der Waals surface area contributed by atoms with Crippen molar-refractivity contribution in [2.45, 2.75) is 18.2 Å². The molecule has 0 aliphatic rings. The second-order valence-corrected chi connectivity index (χ2v) is 9.73. The van der Waals surface area contributed by atoms with Gasteiger partial charge in [0, 0.05) is 12.6 Å². The zero-order chi connectivity index (χ0) is 25.3. The molecule has 0 aliphatic heterocycles. The summed E-state index contributed by atoms with van der Waals surface area (Å²) in [6.45, 7) is 1.69. The summed E-state index contributed by atoms with van der Waals surface area (Å²) in [4.78, 5) is 12.6. The van der Waals surface area contributed by atoms with Crippen molar-refractivity contribution in [1.82, 2.24) is 9.73 Å². The molecular weight excluding hydrogens is 466 g/mol. The molecule has 0 fully saturated rings. The summed E-state index contributed by atoms with van der Waals surface area (Å²) in [6, 6.07) is 21.4. The van der Waals surface area contributed by atoms with Crippen LogP contribution in [0.25, 0.3) is 0 Å². The van der Waals surface area contributed by atoms with Crippen LogP contribution in [0.2, 0.25) is 0 Å². The van der Waals surface area contributed by atoms with Crippen molar-refractivity contribution in [2.24, 2.45) is 5.10 Å². The third kappa shape index (κ3) is 7.14. The average molecular weight is 496 g/mol. The molecule has 0 spiro atoms. The van der Waals surface area contributed by atoms with Crippen molar-refractivity contribution in [3.05, 3.63) is 89.5 Å². The standard InChI is InChI=1S/C26H29N3O5S/c1-20-9-11-22(12-10-20)18-27-28-26(30)19-29(16-15-21-7-5-4-6-8-21)35(31,32)23-13-14-24(33-2)25(17-23)34-3/h4-14,17-18H,15-16,19H2,1-3H3,(H,28,30)/b27-18-. The van der Waals surface area contributed by atoms with E-state index in [9.17, 15) is 13.2 Å². The van der Waals surface area contributed by atoms with Crippen molar-refractivity contribution >= 4 is 22.1 Å². The normalized spacial score (nSPS) is 11.5. The molecule has 3 aromatic rings. The lowest BCUT2D eigenvalue weighted by atomic mass is 10.1. The van der Waals surface area contributed by atoms with Crippen molar-refractivity contribution in [3.63, 3.8) is 0 Å². The Kier molecular flexibility index (Phi) is 8.99. The van der Waals surface area contributed by atoms with Gasteiger partial charge in [-0.15, -0.1) is 0 Å². The van der Waals surface area contributed by atoms with Crippen LogP contribution in [-0.2, 0) is 21.2 Å². The second-order valence-electron chi connectivity index (χ2n) is 7.79. The van der Waals surface area contributed by atoms with Gasteiger partial charge in [-0.05, 0) is 36.6 Å². The maximum atomic E-state index is 13.5. The molecule has 0 atom stereocenters. The highest BCUT2D eigenvalue weighted by Crippen LogP contribution is 2.30. The predicted molar refractivity (Wildman–Crippen MR) is 135 cm³/mol. The summed E-state index contributed by atoms with van der Waals surface area (Å²) in [5, 5.41) is 3.96. The van der Waals surface area contributed by atoms with Crippen LogP contribution in [0.4, 0.5) is 0 Å². The van der Waals surface area contributed by atoms with Gasteiger partial charge >= 0.3 is 0 Å². The highest BCUT2D eigenvalue weighted by Gasteiger charge is 2.27. The zero-order valence-corrected chi connectivity index (χ0v) is 20.8. The largest absolute Gasteiger partial charge is 0.493 e. The van der Waals surface area contributed by atoms with Gasteiger partial charge in [-0.25, -0.2) is 13.8 Å². The molecule has 0 aliphatic carbocycles. The number of nitrogens with zero attached hydrogens (tertiary/aromatic N) is 2.